The Bertz CT molecular complexity index is 1420. The summed E-state index contributed by atoms with van der Waals surface area (Å²) in [6.07, 6.45) is 7.86. The fourth-order valence-electron chi connectivity index (χ4n) is 7.31. The highest BCUT2D eigenvalue weighted by Gasteiger charge is 2.59. The van der Waals surface area contributed by atoms with Crippen LogP contribution in [-0.2, 0) is 36.4 Å². The predicted molar refractivity (Wildman–Crippen MR) is 153 cm³/mol. The SMILES string of the molecule is CC(=O)Nc1ccc(COS(=O)N2C=C(c3ccccc3)C3C(=O)C(=O)C4C5CCCC(C)C5=CCC4C32)cc1. The van der Waals surface area contributed by atoms with Gasteiger partial charge in [0.15, 0.2) is 0 Å². The van der Waals surface area contributed by atoms with E-state index in [2.05, 4.69) is 18.3 Å². The summed E-state index contributed by atoms with van der Waals surface area (Å²) in [7, 11) is 0. The second kappa shape index (κ2) is 10.9. The number of hydrogen-bond donors (Lipinski definition) is 1. The first kappa shape index (κ1) is 26.8. The number of nitrogens with zero attached hydrogens (tertiary/aromatic N) is 1. The maximum atomic E-state index is 13.9. The largest absolute Gasteiger partial charge is 0.326 e. The molecule has 2 saturated carbocycles. The molecule has 1 N–H and O–H groups in total. The summed E-state index contributed by atoms with van der Waals surface area (Å²) >= 11 is -1.88. The first-order chi connectivity index (χ1) is 19.3. The minimum Gasteiger partial charge on any atom is -0.326 e. The van der Waals surface area contributed by atoms with Crippen molar-refractivity contribution in [3.63, 3.8) is 0 Å². The summed E-state index contributed by atoms with van der Waals surface area (Å²) in [5, 5.41) is 2.73. The maximum absolute atomic E-state index is 13.9. The molecular formula is C32H34N2O5S. The Kier molecular flexibility index (Phi) is 7.31. The third-order valence-electron chi connectivity index (χ3n) is 9.05. The molecule has 1 amide bonds. The number of carbonyl (C=O) groups excluding carboxylic acids is 3. The van der Waals surface area contributed by atoms with Crippen molar-refractivity contribution in [1.29, 1.82) is 0 Å². The summed E-state index contributed by atoms with van der Waals surface area (Å²) in [6.45, 7) is 3.77. The summed E-state index contributed by atoms with van der Waals surface area (Å²) in [5.41, 5.74) is 4.38. The van der Waals surface area contributed by atoms with Crippen LogP contribution < -0.4 is 5.32 Å². The van der Waals surface area contributed by atoms with Gasteiger partial charge in [-0.25, -0.2) is 4.21 Å². The van der Waals surface area contributed by atoms with E-state index in [1.165, 1.54) is 12.5 Å². The summed E-state index contributed by atoms with van der Waals surface area (Å²) in [6, 6.07) is 16.3. The molecule has 0 aromatic heterocycles. The first-order valence-corrected chi connectivity index (χ1v) is 15.1. The Morgan fingerprint density at radius 3 is 2.52 bits per heavy atom. The van der Waals surface area contributed by atoms with Gasteiger partial charge in [-0.3, -0.25) is 22.9 Å². The molecule has 2 fully saturated rings. The average Bonchev–Trinajstić information content (AvgIpc) is 3.36. The van der Waals surface area contributed by atoms with Crippen molar-refractivity contribution in [2.45, 2.75) is 52.2 Å². The van der Waals surface area contributed by atoms with Crippen molar-refractivity contribution >= 4 is 40.0 Å². The molecule has 0 spiro atoms. The van der Waals surface area contributed by atoms with E-state index in [1.807, 2.05) is 42.5 Å². The smallest absolute Gasteiger partial charge is 0.264 e. The van der Waals surface area contributed by atoms with Gasteiger partial charge in [0.2, 0.25) is 17.5 Å². The van der Waals surface area contributed by atoms with Crippen LogP contribution in [-0.4, -0.2) is 32.0 Å². The minimum atomic E-state index is -1.88. The van der Waals surface area contributed by atoms with E-state index < -0.39 is 23.2 Å². The van der Waals surface area contributed by atoms with Crippen molar-refractivity contribution in [3.05, 3.63) is 83.6 Å². The van der Waals surface area contributed by atoms with Gasteiger partial charge < -0.3 is 5.32 Å². The molecule has 7 unspecified atom stereocenters. The monoisotopic (exact) mass is 558 g/mol. The van der Waals surface area contributed by atoms with Gasteiger partial charge in [-0.05, 0) is 65.8 Å². The van der Waals surface area contributed by atoms with Gasteiger partial charge in [0.05, 0.1) is 18.6 Å². The molecule has 40 heavy (non-hydrogen) atoms. The highest BCUT2D eigenvalue weighted by Crippen LogP contribution is 2.54. The molecule has 4 aliphatic rings. The van der Waals surface area contributed by atoms with Crippen LogP contribution in [0.2, 0.25) is 0 Å². The van der Waals surface area contributed by atoms with Gasteiger partial charge in [0.1, 0.15) is 0 Å². The highest BCUT2D eigenvalue weighted by atomic mass is 32.2. The van der Waals surface area contributed by atoms with E-state index >= 15 is 0 Å². The molecule has 0 saturated heterocycles. The molecule has 2 aromatic carbocycles. The number of allylic oxidation sites excluding steroid dienone is 2. The number of anilines is 1. The van der Waals surface area contributed by atoms with E-state index in [0.717, 1.165) is 36.0 Å². The van der Waals surface area contributed by atoms with E-state index in [9.17, 15) is 18.6 Å². The topological polar surface area (TPSA) is 92.8 Å². The highest BCUT2D eigenvalue weighted by molar-refractivity contribution is 7.77. The van der Waals surface area contributed by atoms with Crippen molar-refractivity contribution < 1.29 is 22.8 Å². The fraction of sp³-hybridized carbons (Fsp3) is 0.406. The standard InChI is InChI=1S/C32H34N2O5S/c1-19-7-6-10-25-24(19)15-16-26-28(25)31(36)32(37)29-27(22-8-4-3-5-9-22)17-34(30(26)29)40(38)39-18-21-11-13-23(14-12-21)33-20(2)35/h3-5,8-9,11-15,17,19,25-26,28-30H,6-7,10,16,18H2,1-2H3,(H,33,35). The molecule has 1 heterocycles. The number of Topliss-reactive ketones (excluding diaryl/α,β-unsaturated/α-hetero) is 2. The van der Waals surface area contributed by atoms with Gasteiger partial charge in [-0.2, -0.15) is 0 Å². The second-order valence-electron chi connectivity index (χ2n) is 11.4. The zero-order valence-corrected chi connectivity index (χ0v) is 23.6. The van der Waals surface area contributed by atoms with Gasteiger partial charge in [0.25, 0.3) is 11.3 Å². The number of hydrogen-bond acceptors (Lipinski definition) is 5. The molecule has 7 nitrogen and oxygen atoms in total. The fourth-order valence-corrected chi connectivity index (χ4v) is 8.34. The van der Waals surface area contributed by atoms with E-state index in [-0.39, 0.29) is 41.8 Å². The van der Waals surface area contributed by atoms with Crippen molar-refractivity contribution in [1.82, 2.24) is 4.31 Å². The van der Waals surface area contributed by atoms with Crippen LogP contribution in [0, 0.1) is 29.6 Å². The molecule has 7 atom stereocenters. The van der Waals surface area contributed by atoms with Crippen LogP contribution in [0.25, 0.3) is 5.57 Å². The van der Waals surface area contributed by atoms with Gasteiger partial charge >= 0.3 is 0 Å². The zero-order valence-electron chi connectivity index (χ0n) is 22.7. The van der Waals surface area contributed by atoms with Crippen molar-refractivity contribution in [3.8, 4) is 0 Å². The zero-order chi connectivity index (χ0) is 28.0. The van der Waals surface area contributed by atoms with E-state index in [4.69, 9.17) is 4.18 Å². The lowest BCUT2D eigenvalue weighted by Crippen LogP contribution is -2.57. The van der Waals surface area contributed by atoms with Crippen LogP contribution in [0.3, 0.4) is 0 Å². The van der Waals surface area contributed by atoms with Crippen molar-refractivity contribution in [2.75, 3.05) is 5.32 Å². The number of amides is 1. The number of benzene rings is 2. The summed E-state index contributed by atoms with van der Waals surface area (Å²) < 4.78 is 21.3. The Balaban J connectivity index is 1.31. The maximum Gasteiger partial charge on any atom is 0.264 e. The van der Waals surface area contributed by atoms with Crippen LogP contribution in [0.15, 0.2) is 72.4 Å². The Hall–Kier alpha value is -3.36. The van der Waals surface area contributed by atoms with Crippen LogP contribution in [0.1, 0.15) is 50.7 Å². The minimum absolute atomic E-state index is 0.0824. The van der Waals surface area contributed by atoms with Gasteiger partial charge in [-0.15, -0.1) is 0 Å². The lowest BCUT2D eigenvalue weighted by molar-refractivity contribution is -0.148. The molecule has 0 bridgehead atoms. The molecule has 2 aromatic rings. The Morgan fingerprint density at radius 2 is 1.80 bits per heavy atom. The summed E-state index contributed by atoms with van der Waals surface area (Å²) in [4.78, 5) is 38.9. The lowest BCUT2D eigenvalue weighted by atomic mass is 9.56. The van der Waals surface area contributed by atoms with Crippen LogP contribution in [0.5, 0.6) is 0 Å². The molecule has 6 rings (SSSR count). The molecule has 3 aliphatic carbocycles. The Labute approximate surface area is 237 Å². The average molecular weight is 559 g/mol. The number of nitrogens with one attached hydrogen (secondary N) is 1. The van der Waals surface area contributed by atoms with E-state index in [0.29, 0.717) is 18.0 Å². The Morgan fingerprint density at radius 1 is 1.05 bits per heavy atom. The predicted octanol–water partition coefficient (Wildman–Crippen LogP) is 5.23. The van der Waals surface area contributed by atoms with E-state index in [1.54, 1.807) is 22.6 Å². The van der Waals surface area contributed by atoms with Crippen LogP contribution in [0.4, 0.5) is 5.69 Å². The van der Waals surface area contributed by atoms with Gasteiger partial charge in [0, 0.05) is 24.7 Å². The number of fused-ring (bicyclic) bond motifs is 5. The second-order valence-corrected chi connectivity index (χ2v) is 12.5. The van der Waals surface area contributed by atoms with Crippen molar-refractivity contribution in [2.24, 2.45) is 29.6 Å². The molecule has 0 radical (unpaired) electrons. The van der Waals surface area contributed by atoms with Gasteiger partial charge in [-0.1, -0.05) is 67.5 Å². The number of carbonyl (C=O) groups is 3. The number of rotatable bonds is 6. The van der Waals surface area contributed by atoms with Crippen LogP contribution >= 0.6 is 0 Å². The number of ketones is 2. The lowest BCUT2D eigenvalue weighted by Gasteiger charge is -2.49. The molecule has 1 aliphatic heterocycles. The normalized spacial score (nSPS) is 30.0. The molecule has 8 heteroatoms. The molecule has 208 valence electrons. The quantitative estimate of drug-likeness (QED) is 0.387. The third kappa shape index (κ3) is 4.77. The first-order valence-electron chi connectivity index (χ1n) is 14.1. The molecular weight excluding hydrogens is 524 g/mol. The third-order valence-corrected chi connectivity index (χ3v) is 10.1. The summed E-state index contributed by atoms with van der Waals surface area (Å²) in [5.74, 6) is -1.43.